The van der Waals surface area contributed by atoms with Crippen molar-refractivity contribution in [2.24, 2.45) is 35.5 Å². The lowest BCUT2D eigenvalue weighted by Crippen LogP contribution is -2.40. The molecule has 1 N–H and O–H groups in total. The van der Waals surface area contributed by atoms with Crippen LogP contribution in [0.2, 0.25) is 0 Å². The summed E-state index contributed by atoms with van der Waals surface area (Å²) in [7, 11) is 1.56. The minimum atomic E-state index is -0.372. The number of para-hydroxylation sites is 1. The number of nitrogens with one attached hydrogen (secondary N) is 1. The van der Waals surface area contributed by atoms with Crippen LogP contribution in [0.3, 0.4) is 0 Å². The molecule has 2 saturated carbocycles. The fourth-order valence-electron chi connectivity index (χ4n) is 5.95. The fourth-order valence-corrected chi connectivity index (χ4v) is 5.95. The number of rotatable bonds is 4. The largest absolute Gasteiger partial charge is 0.497 e. The highest BCUT2D eigenvalue weighted by Gasteiger charge is 2.67. The summed E-state index contributed by atoms with van der Waals surface area (Å²) in [4.78, 5) is 41.3. The highest BCUT2D eigenvalue weighted by molar-refractivity contribution is 6.25. The second-order valence-electron chi connectivity index (χ2n) is 8.87. The zero-order valence-corrected chi connectivity index (χ0v) is 17.0. The summed E-state index contributed by atoms with van der Waals surface area (Å²) in [6.45, 7) is 0. The van der Waals surface area contributed by atoms with Gasteiger partial charge in [0.05, 0.1) is 30.2 Å². The predicted molar refractivity (Wildman–Crippen MR) is 115 cm³/mol. The summed E-state index contributed by atoms with van der Waals surface area (Å²) in [6, 6.07) is 13.9. The smallest absolute Gasteiger partial charge is 0.257 e. The van der Waals surface area contributed by atoms with E-state index in [-0.39, 0.29) is 41.4 Å². The van der Waals surface area contributed by atoms with Gasteiger partial charge in [0.25, 0.3) is 5.91 Å². The Morgan fingerprint density at radius 1 is 0.968 bits per heavy atom. The average molecular weight is 414 g/mol. The zero-order valence-electron chi connectivity index (χ0n) is 17.0. The van der Waals surface area contributed by atoms with Gasteiger partial charge < -0.3 is 10.1 Å². The van der Waals surface area contributed by atoms with Gasteiger partial charge in [-0.3, -0.25) is 14.4 Å². The SMILES string of the molecule is COc1cccc(NC(=O)c2ccccc2N2C(=O)[C@@H]3[C@H]4C=C[C@H]([C@H]5C[C@@H]45)[C@@H]3C2=O)c1. The van der Waals surface area contributed by atoms with Crippen LogP contribution in [0.4, 0.5) is 11.4 Å². The van der Waals surface area contributed by atoms with Crippen LogP contribution >= 0.6 is 0 Å². The molecular weight excluding hydrogens is 392 g/mol. The summed E-state index contributed by atoms with van der Waals surface area (Å²) in [5.41, 5.74) is 1.24. The Kier molecular flexibility index (Phi) is 3.88. The van der Waals surface area contributed by atoms with Crippen LogP contribution < -0.4 is 15.0 Å². The summed E-state index contributed by atoms with van der Waals surface area (Å²) < 4.78 is 5.21. The Hall–Kier alpha value is -3.41. The van der Waals surface area contributed by atoms with Crippen molar-refractivity contribution in [3.63, 3.8) is 0 Å². The maximum Gasteiger partial charge on any atom is 0.257 e. The average Bonchev–Trinajstić information content (AvgIpc) is 3.57. The van der Waals surface area contributed by atoms with Crippen LogP contribution in [0.25, 0.3) is 0 Å². The van der Waals surface area contributed by atoms with Crippen LogP contribution in [0.15, 0.2) is 60.7 Å². The van der Waals surface area contributed by atoms with E-state index in [1.165, 1.54) is 4.90 Å². The Bertz CT molecular complexity index is 1120. The molecular formula is C25H22N2O4. The molecule has 31 heavy (non-hydrogen) atoms. The summed E-state index contributed by atoms with van der Waals surface area (Å²) >= 11 is 0. The molecule has 0 aromatic heterocycles. The summed E-state index contributed by atoms with van der Waals surface area (Å²) in [5, 5.41) is 2.85. The van der Waals surface area contributed by atoms with Crippen LogP contribution in [0.1, 0.15) is 16.8 Å². The number of allylic oxidation sites excluding steroid dienone is 2. The molecule has 5 aliphatic rings. The van der Waals surface area contributed by atoms with Gasteiger partial charge in [-0.05, 0) is 54.4 Å². The molecule has 6 atom stereocenters. The van der Waals surface area contributed by atoms with Gasteiger partial charge in [-0.25, -0.2) is 4.90 Å². The number of methoxy groups -OCH3 is 1. The van der Waals surface area contributed by atoms with Gasteiger partial charge in [-0.1, -0.05) is 30.4 Å². The molecule has 1 heterocycles. The highest BCUT2D eigenvalue weighted by atomic mass is 16.5. The first-order valence-corrected chi connectivity index (χ1v) is 10.7. The predicted octanol–water partition coefficient (Wildman–Crippen LogP) is 3.51. The molecule has 1 aliphatic heterocycles. The Balaban J connectivity index is 1.33. The molecule has 0 spiro atoms. The molecule has 2 aromatic rings. The molecule has 7 rings (SSSR count). The van der Waals surface area contributed by atoms with E-state index in [0.29, 0.717) is 34.5 Å². The quantitative estimate of drug-likeness (QED) is 0.614. The molecule has 3 amide bonds. The molecule has 6 nitrogen and oxygen atoms in total. The number of carbonyl (C=O) groups excluding carboxylic acids is 3. The van der Waals surface area contributed by atoms with Gasteiger partial charge in [0.15, 0.2) is 0 Å². The molecule has 0 unspecified atom stereocenters. The third-order valence-electron chi connectivity index (χ3n) is 7.38. The van der Waals surface area contributed by atoms with Gasteiger partial charge in [0, 0.05) is 11.8 Å². The topological polar surface area (TPSA) is 75.7 Å². The lowest BCUT2D eigenvalue weighted by atomic mass is 9.63. The zero-order chi connectivity index (χ0) is 21.3. The Labute approximate surface area is 179 Å². The third-order valence-corrected chi connectivity index (χ3v) is 7.38. The Morgan fingerprint density at radius 3 is 2.32 bits per heavy atom. The van der Waals surface area contributed by atoms with Crippen molar-refractivity contribution in [2.75, 3.05) is 17.3 Å². The van der Waals surface area contributed by atoms with E-state index >= 15 is 0 Å². The first-order chi connectivity index (χ1) is 15.1. The van der Waals surface area contributed by atoms with E-state index in [1.807, 2.05) is 0 Å². The van der Waals surface area contributed by atoms with E-state index in [4.69, 9.17) is 4.74 Å². The normalized spacial score (nSPS) is 32.0. The number of hydrogen-bond donors (Lipinski definition) is 1. The highest BCUT2D eigenvalue weighted by Crippen LogP contribution is 2.65. The first kappa shape index (κ1) is 18.4. The number of benzene rings is 2. The van der Waals surface area contributed by atoms with E-state index < -0.39 is 0 Å². The first-order valence-electron chi connectivity index (χ1n) is 10.7. The maximum absolute atomic E-state index is 13.4. The van der Waals surface area contributed by atoms with Crippen LogP contribution in [-0.2, 0) is 9.59 Å². The van der Waals surface area contributed by atoms with Crippen molar-refractivity contribution < 1.29 is 19.1 Å². The Morgan fingerprint density at radius 2 is 1.65 bits per heavy atom. The fraction of sp³-hybridized carbons (Fsp3) is 0.320. The van der Waals surface area contributed by atoms with E-state index in [0.717, 1.165) is 6.42 Å². The van der Waals surface area contributed by atoms with Crippen molar-refractivity contribution in [1.82, 2.24) is 0 Å². The van der Waals surface area contributed by atoms with Crippen LogP contribution in [0.5, 0.6) is 5.75 Å². The number of hydrogen-bond acceptors (Lipinski definition) is 4. The standard InChI is InChI=1S/C25H22N2O4/c1-31-14-6-4-5-13(11-14)26-23(28)17-7-2-3-8-20(17)27-24(29)21-15-9-10-16(19-12-18(15)19)22(21)25(27)30/h2-11,15-16,18-19,21-22H,12H2,1H3,(H,26,28)/t15-,16+,18-,19+,21+,22-. The van der Waals surface area contributed by atoms with Crippen molar-refractivity contribution in [1.29, 1.82) is 0 Å². The van der Waals surface area contributed by atoms with E-state index in [9.17, 15) is 14.4 Å². The van der Waals surface area contributed by atoms with E-state index in [1.54, 1.807) is 55.6 Å². The van der Waals surface area contributed by atoms with Gasteiger partial charge >= 0.3 is 0 Å². The monoisotopic (exact) mass is 414 g/mol. The van der Waals surface area contributed by atoms with Gasteiger partial charge in [-0.15, -0.1) is 0 Å². The molecule has 156 valence electrons. The molecule has 0 radical (unpaired) electrons. The summed E-state index contributed by atoms with van der Waals surface area (Å²) in [6.07, 6.45) is 5.42. The van der Waals surface area contributed by atoms with Gasteiger partial charge in [0.2, 0.25) is 11.8 Å². The number of carbonyl (C=O) groups is 3. The number of imide groups is 1. The number of ether oxygens (including phenoxy) is 1. The number of nitrogens with zero attached hydrogens (tertiary/aromatic N) is 1. The molecule has 4 aliphatic carbocycles. The molecule has 1 saturated heterocycles. The van der Waals surface area contributed by atoms with Crippen LogP contribution in [0, 0.1) is 35.5 Å². The lowest BCUT2D eigenvalue weighted by molar-refractivity contribution is -0.124. The van der Waals surface area contributed by atoms with Crippen molar-refractivity contribution in [3.8, 4) is 5.75 Å². The summed E-state index contributed by atoms with van der Waals surface area (Å²) in [5.74, 6) is 0.728. The third kappa shape index (κ3) is 2.60. The molecule has 2 aromatic carbocycles. The van der Waals surface area contributed by atoms with Crippen molar-refractivity contribution in [2.45, 2.75) is 6.42 Å². The minimum absolute atomic E-state index is 0.152. The number of amides is 3. The second kappa shape index (κ2) is 6.54. The van der Waals surface area contributed by atoms with Gasteiger partial charge in [0.1, 0.15) is 5.75 Å². The van der Waals surface area contributed by atoms with Crippen LogP contribution in [-0.4, -0.2) is 24.8 Å². The van der Waals surface area contributed by atoms with Crippen molar-refractivity contribution in [3.05, 3.63) is 66.2 Å². The van der Waals surface area contributed by atoms with E-state index in [2.05, 4.69) is 17.5 Å². The van der Waals surface area contributed by atoms with Crippen molar-refractivity contribution >= 4 is 29.1 Å². The minimum Gasteiger partial charge on any atom is -0.497 e. The molecule has 6 heteroatoms. The second-order valence-corrected chi connectivity index (χ2v) is 8.87. The lowest BCUT2D eigenvalue weighted by Gasteiger charge is -2.37. The molecule has 3 fully saturated rings. The van der Waals surface area contributed by atoms with Gasteiger partial charge in [-0.2, -0.15) is 0 Å². The molecule has 2 bridgehead atoms. The maximum atomic E-state index is 13.4. The number of anilines is 2.